The summed E-state index contributed by atoms with van der Waals surface area (Å²) in [5.74, 6) is 2.37. The summed E-state index contributed by atoms with van der Waals surface area (Å²) in [6.45, 7) is 0.757. The van der Waals surface area contributed by atoms with Crippen LogP contribution in [0.3, 0.4) is 0 Å². The topological polar surface area (TPSA) is 103 Å². The van der Waals surface area contributed by atoms with Crippen molar-refractivity contribution in [3.05, 3.63) is 36.2 Å². The number of ether oxygens (including phenoxy) is 1. The van der Waals surface area contributed by atoms with E-state index in [4.69, 9.17) is 25.4 Å². The highest BCUT2D eigenvalue weighted by atomic mass is 35.5. The maximum Gasteiger partial charge on any atom is 0.227 e. The van der Waals surface area contributed by atoms with Crippen LogP contribution >= 0.6 is 24.8 Å². The van der Waals surface area contributed by atoms with Crippen LogP contribution < -0.4 is 21.1 Å². The number of methoxy groups -OCH3 is 1. The quantitative estimate of drug-likeness (QED) is 0.377. The normalized spacial score (nSPS) is 20.2. The second-order valence-corrected chi connectivity index (χ2v) is 9.44. The van der Waals surface area contributed by atoms with E-state index in [2.05, 4.69) is 27.3 Å². The summed E-state index contributed by atoms with van der Waals surface area (Å²) in [4.78, 5) is 14.5. The molecule has 35 heavy (non-hydrogen) atoms. The number of rotatable bonds is 8. The minimum Gasteiger partial charge on any atom is -0.497 e. The summed E-state index contributed by atoms with van der Waals surface area (Å²) in [7, 11) is 1.70. The molecule has 5 rings (SSSR count). The molecule has 0 saturated heterocycles. The molecule has 2 saturated carbocycles. The van der Waals surface area contributed by atoms with Gasteiger partial charge in [0.15, 0.2) is 17.0 Å². The van der Waals surface area contributed by atoms with E-state index in [9.17, 15) is 0 Å². The van der Waals surface area contributed by atoms with E-state index in [1.807, 2.05) is 18.5 Å². The van der Waals surface area contributed by atoms with E-state index in [0.717, 1.165) is 61.4 Å². The first-order chi connectivity index (χ1) is 16.2. The number of aromatic nitrogens is 4. The minimum atomic E-state index is 0. The first-order valence-corrected chi connectivity index (χ1v) is 12.3. The van der Waals surface area contributed by atoms with Crippen molar-refractivity contribution >= 4 is 47.7 Å². The maximum absolute atomic E-state index is 6.10. The monoisotopic (exact) mass is 521 g/mol. The minimum absolute atomic E-state index is 0. The maximum atomic E-state index is 6.10. The van der Waals surface area contributed by atoms with Crippen molar-refractivity contribution in [2.75, 3.05) is 24.3 Å². The lowest BCUT2D eigenvalue weighted by atomic mass is 9.92. The Morgan fingerprint density at radius 1 is 1.06 bits per heavy atom. The van der Waals surface area contributed by atoms with E-state index in [-0.39, 0.29) is 24.8 Å². The van der Waals surface area contributed by atoms with Crippen molar-refractivity contribution < 1.29 is 4.74 Å². The molecule has 2 fully saturated rings. The van der Waals surface area contributed by atoms with Gasteiger partial charge in [-0.2, -0.15) is 9.97 Å². The summed E-state index contributed by atoms with van der Waals surface area (Å²) in [6.07, 6.45) is 12.0. The van der Waals surface area contributed by atoms with Crippen LogP contribution in [0, 0.1) is 0 Å². The molecule has 0 unspecified atom stereocenters. The molecule has 0 radical (unpaired) electrons. The summed E-state index contributed by atoms with van der Waals surface area (Å²) >= 11 is 0. The summed E-state index contributed by atoms with van der Waals surface area (Å²) in [5.41, 5.74) is 9.10. The Morgan fingerprint density at radius 3 is 2.57 bits per heavy atom. The molecule has 0 aliphatic heterocycles. The number of halogens is 2. The van der Waals surface area contributed by atoms with Gasteiger partial charge >= 0.3 is 0 Å². The van der Waals surface area contributed by atoms with Gasteiger partial charge in [0.25, 0.3) is 0 Å². The predicted octanol–water partition coefficient (Wildman–Crippen LogP) is 5.13. The second-order valence-electron chi connectivity index (χ2n) is 9.44. The highest BCUT2D eigenvalue weighted by molar-refractivity contribution is 5.86. The molecule has 0 amide bonds. The molecule has 192 valence electrons. The van der Waals surface area contributed by atoms with E-state index in [1.54, 1.807) is 7.11 Å². The van der Waals surface area contributed by atoms with Gasteiger partial charge in [0, 0.05) is 24.7 Å². The zero-order chi connectivity index (χ0) is 22.6. The van der Waals surface area contributed by atoms with Crippen LogP contribution in [0.1, 0.15) is 63.0 Å². The highest BCUT2D eigenvalue weighted by Gasteiger charge is 2.23. The molecule has 1 aromatic carbocycles. The van der Waals surface area contributed by atoms with Crippen LogP contribution in [0.25, 0.3) is 11.2 Å². The molecule has 2 heterocycles. The molecule has 2 aliphatic carbocycles. The number of anilines is 2. The third-order valence-electron chi connectivity index (χ3n) is 7.08. The summed E-state index contributed by atoms with van der Waals surface area (Å²) in [6, 6.07) is 9.37. The van der Waals surface area contributed by atoms with Gasteiger partial charge in [-0.1, -0.05) is 25.0 Å². The molecule has 4 N–H and O–H groups in total. The van der Waals surface area contributed by atoms with Crippen LogP contribution in [0.2, 0.25) is 0 Å². The molecule has 3 aromatic rings. The second kappa shape index (κ2) is 12.6. The Morgan fingerprint density at radius 2 is 1.83 bits per heavy atom. The van der Waals surface area contributed by atoms with Crippen LogP contribution in [-0.2, 0) is 6.42 Å². The van der Waals surface area contributed by atoms with Crippen LogP contribution in [0.4, 0.5) is 11.8 Å². The van der Waals surface area contributed by atoms with Gasteiger partial charge in [-0.05, 0) is 62.6 Å². The van der Waals surface area contributed by atoms with Crippen LogP contribution in [0.5, 0.6) is 5.75 Å². The summed E-state index contributed by atoms with van der Waals surface area (Å²) < 4.78 is 7.62. The van der Waals surface area contributed by atoms with Crippen LogP contribution in [-0.4, -0.2) is 45.3 Å². The van der Waals surface area contributed by atoms with E-state index in [0.29, 0.717) is 24.1 Å². The molecule has 0 atom stereocenters. The fourth-order valence-corrected chi connectivity index (χ4v) is 5.15. The van der Waals surface area contributed by atoms with Gasteiger partial charge in [0.05, 0.1) is 13.4 Å². The smallest absolute Gasteiger partial charge is 0.227 e. The highest BCUT2D eigenvalue weighted by Crippen LogP contribution is 2.33. The number of hydrogen-bond donors (Lipinski definition) is 3. The number of fused-ring (bicyclic) bond motifs is 1. The average Bonchev–Trinajstić information content (AvgIpc) is 3.51. The molecule has 8 nitrogen and oxygen atoms in total. The van der Waals surface area contributed by atoms with Gasteiger partial charge in [-0.3, -0.25) is 0 Å². The van der Waals surface area contributed by atoms with Gasteiger partial charge in [0.2, 0.25) is 5.95 Å². The molecule has 2 aromatic heterocycles. The number of imidazole rings is 1. The van der Waals surface area contributed by atoms with Gasteiger partial charge in [-0.15, -0.1) is 24.8 Å². The molecule has 0 spiro atoms. The molecular weight excluding hydrogens is 485 g/mol. The van der Waals surface area contributed by atoms with Gasteiger partial charge in [-0.25, -0.2) is 4.98 Å². The number of benzene rings is 1. The fraction of sp³-hybridized carbons (Fsp3) is 0.560. The molecule has 0 bridgehead atoms. The lowest BCUT2D eigenvalue weighted by molar-refractivity contribution is 0.410. The van der Waals surface area contributed by atoms with Crippen LogP contribution in [0.15, 0.2) is 30.6 Å². The Balaban J connectivity index is 0.00000171. The van der Waals surface area contributed by atoms with Crippen molar-refractivity contribution in [3.8, 4) is 5.75 Å². The Hall–Kier alpha value is -2.29. The first kappa shape index (κ1) is 27.3. The lowest BCUT2D eigenvalue weighted by Crippen LogP contribution is -2.33. The summed E-state index contributed by atoms with van der Waals surface area (Å²) in [5, 5.41) is 7.12. The third kappa shape index (κ3) is 6.48. The Labute approximate surface area is 219 Å². The van der Waals surface area contributed by atoms with E-state index < -0.39 is 0 Å². The Bertz CT molecular complexity index is 1080. The number of nitrogens with two attached hydrogens (primary N) is 1. The Kier molecular flexibility index (Phi) is 9.83. The lowest BCUT2D eigenvalue weighted by Gasteiger charge is -2.27. The molecule has 10 heteroatoms. The largest absolute Gasteiger partial charge is 0.497 e. The fourth-order valence-electron chi connectivity index (χ4n) is 5.15. The van der Waals surface area contributed by atoms with Crippen molar-refractivity contribution in [2.45, 2.75) is 75.9 Å². The van der Waals surface area contributed by atoms with Crippen molar-refractivity contribution in [3.63, 3.8) is 0 Å². The van der Waals surface area contributed by atoms with Gasteiger partial charge in [0.1, 0.15) is 5.75 Å². The standard InChI is InChI=1S/C25H35N7O.2ClH/c1-33-21-8-4-5-17(15-21)13-14-27-23-22-24(32(16-28-22)20-6-2-3-7-20)31-25(30-23)29-19-11-9-18(26)10-12-19;;/h4-5,8,15-16,18-20H,2-3,6-7,9-14,26H2,1H3,(H2,27,29,30,31);2*1H/t18-,19-;;. The third-order valence-corrected chi connectivity index (χ3v) is 7.08. The van der Waals surface area contributed by atoms with Crippen molar-refractivity contribution in [1.82, 2.24) is 19.5 Å². The number of hydrogen-bond acceptors (Lipinski definition) is 7. The van der Waals surface area contributed by atoms with E-state index >= 15 is 0 Å². The van der Waals surface area contributed by atoms with Crippen molar-refractivity contribution in [1.29, 1.82) is 0 Å². The number of nitrogens with one attached hydrogen (secondary N) is 2. The van der Waals surface area contributed by atoms with Crippen molar-refractivity contribution in [2.24, 2.45) is 5.73 Å². The van der Waals surface area contributed by atoms with Gasteiger partial charge < -0.3 is 25.7 Å². The molecule has 2 aliphatic rings. The predicted molar refractivity (Wildman–Crippen MR) is 146 cm³/mol. The van der Waals surface area contributed by atoms with E-state index in [1.165, 1.54) is 31.2 Å². The first-order valence-electron chi connectivity index (χ1n) is 12.3. The SMILES string of the molecule is COc1cccc(CCNc2nc(N[C@H]3CC[C@H](N)CC3)nc3c2ncn3C2CCCC2)c1.Cl.Cl. The zero-order valence-electron chi connectivity index (χ0n) is 20.3. The average molecular weight is 523 g/mol. The zero-order valence-corrected chi connectivity index (χ0v) is 21.9. The molecular formula is C25H37Cl2N7O. The number of nitrogens with zero attached hydrogens (tertiary/aromatic N) is 4.